The third-order valence-corrected chi connectivity index (χ3v) is 9.12. The van der Waals surface area contributed by atoms with Gasteiger partial charge in [0.15, 0.2) is 0 Å². The van der Waals surface area contributed by atoms with Crippen LogP contribution in [0.1, 0.15) is 79.6 Å². The standard InChI is InChI=1S/C31H35F5N6O4/c32-30(33)10-6-19(7-11-30)26(40-29(44)46-17-18-4-2-1-3-5-18)23-16-42-28(37-23)39-25(20-8-12-45-13-9-20)22(41-42)14-21-15-24(31(34,35)36)38-27(21)43/h1-5,16,19-21,24,26H,6-15,17H2,(H,38,43)(H,40,44)/t21-,24-,26-/m0/s1. The van der Waals surface area contributed by atoms with Crippen molar-refractivity contribution in [2.75, 3.05) is 13.2 Å². The molecule has 4 heterocycles. The van der Waals surface area contributed by atoms with Crippen LogP contribution in [0.3, 0.4) is 0 Å². The Morgan fingerprint density at radius 1 is 1.11 bits per heavy atom. The third-order valence-electron chi connectivity index (χ3n) is 9.12. The molecule has 3 fully saturated rings. The summed E-state index contributed by atoms with van der Waals surface area (Å²) in [6.45, 7) is 0.957. The van der Waals surface area contributed by atoms with Crippen molar-refractivity contribution < 1.29 is 41.0 Å². The fourth-order valence-corrected chi connectivity index (χ4v) is 6.56. The number of alkyl halides is 5. The van der Waals surface area contributed by atoms with Crippen molar-refractivity contribution in [3.05, 3.63) is 59.2 Å². The van der Waals surface area contributed by atoms with Crippen LogP contribution in [0.4, 0.5) is 26.7 Å². The van der Waals surface area contributed by atoms with Crippen molar-refractivity contribution in [1.29, 1.82) is 0 Å². The molecule has 0 radical (unpaired) electrons. The number of alkyl carbamates (subject to hydrolysis) is 1. The highest BCUT2D eigenvalue weighted by Gasteiger charge is 2.48. The van der Waals surface area contributed by atoms with E-state index in [2.05, 4.69) is 15.4 Å². The van der Waals surface area contributed by atoms with E-state index in [0.717, 1.165) is 5.56 Å². The molecule has 3 atom stereocenters. The summed E-state index contributed by atoms with van der Waals surface area (Å²) in [6.07, 6.45) is -3.37. The SMILES string of the molecule is O=C(N[C@H](c1cn2nc(C[C@H]3C[C@@H](C(F)(F)F)NC3=O)c(C3CCOCC3)nc2n1)C1CCC(F)(F)CC1)OCc1ccccc1. The Labute approximate surface area is 261 Å². The van der Waals surface area contributed by atoms with Crippen LogP contribution in [0.15, 0.2) is 36.5 Å². The molecule has 6 rings (SSSR count). The summed E-state index contributed by atoms with van der Waals surface area (Å²) < 4.78 is 80.6. The molecule has 10 nitrogen and oxygen atoms in total. The predicted molar refractivity (Wildman–Crippen MR) is 153 cm³/mol. The lowest BCUT2D eigenvalue weighted by molar-refractivity contribution is -0.154. The lowest BCUT2D eigenvalue weighted by Crippen LogP contribution is -2.38. The van der Waals surface area contributed by atoms with E-state index in [0.29, 0.717) is 43.1 Å². The third kappa shape index (κ3) is 7.39. The predicted octanol–water partition coefficient (Wildman–Crippen LogP) is 5.42. The van der Waals surface area contributed by atoms with Crippen molar-refractivity contribution in [2.45, 2.75) is 88.1 Å². The van der Waals surface area contributed by atoms with Gasteiger partial charge in [-0.3, -0.25) is 4.79 Å². The Morgan fingerprint density at radius 3 is 2.50 bits per heavy atom. The van der Waals surface area contributed by atoms with Gasteiger partial charge in [0, 0.05) is 44.3 Å². The van der Waals surface area contributed by atoms with Crippen molar-refractivity contribution >= 4 is 17.8 Å². The normalized spacial score (nSPS) is 23.3. The molecule has 2 saturated heterocycles. The van der Waals surface area contributed by atoms with Crippen LogP contribution in [-0.2, 0) is 27.3 Å². The Balaban J connectivity index is 1.29. The smallest absolute Gasteiger partial charge is 0.408 e. The summed E-state index contributed by atoms with van der Waals surface area (Å²) in [5, 5.41) is 9.56. The summed E-state index contributed by atoms with van der Waals surface area (Å²) in [4.78, 5) is 34.9. The minimum atomic E-state index is -4.56. The molecular weight excluding hydrogens is 615 g/mol. The van der Waals surface area contributed by atoms with Gasteiger partial charge in [-0.2, -0.15) is 18.3 Å². The highest BCUT2D eigenvalue weighted by Crippen LogP contribution is 2.41. The molecule has 2 amide bonds. The van der Waals surface area contributed by atoms with E-state index in [-0.39, 0.29) is 56.3 Å². The maximum absolute atomic E-state index is 14.1. The van der Waals surface area contributed by atoms with Crippen LogP contribution >= 0.6 is 0 Å². The number of fused-ring (bicyclic) bond motifs is 1. The van der Waals surface area contributed by atoms with Gasteiger partial charge < -0.3 is 20.1 Å². The monoisotopic (exact) mass is 650 g/mol. The number of hydrogen-bond acceptors (Lipinski definition) is 7. The van der Waals surface area contributed by atoms with Gasteiger partial charge in [-0.25, -0.2) is 28.1 Å². The van der Waals surface area contributed by atoms with Gasteiger partial charge in [-0.05, 0) is 43.6 Å². The second kappa shape index (κ2) is 13.1. The molecule has 0 bridgehead atoms. The summed E-state index contributed by atoms with van der Waals surface area (Å²) in [6, 6.07) is 6.36. The maximum Gasteiger partial charge on any atom is 0.408 e. The first-order valence-corrected chi connectivity index (χ1v) is 15.5. The van der Waals surface area contributed by atoms with E-state index >= 15 is 0 Å². The van der Waals surface area contributed by atoms with Gasteiger partial charge in [-0.1, -0.05) is 30.3 Å². The number of ether oxygens (including phenoxy) is 2. The Kier molecular flexibility index (Phi) is 9.12. The lowest BCUT2D eigenvalue weighted by atomic mass is 9.81. The number of nitrogens with one attached hydrogen (secondary N) is 2. The van der Waals surface area contributed by atoms with Crippen LogP contribution in [-0.4, -0.2) is 62.9 Å². The fraction of sp³-hybridized carbons (Fsp3) is 0.581. The highest BCUT2D eigenvalue weighted by molar-refractivity contribution is 5.81. The minimum absolute atomic E-state index is 0.0121. The molecule has 1 saturated carbocycles. The average molecular weight is 651 g/mol. The first kappa shape index (κ1) is 32.1. The van der Waals surface area contributed by atoms with E-state index in [1.165, 1.54) is 4.52 Å². The maximum atomic E-state index is 14.1. The molecule has 0 spiro atoms. The second-order valence-electron chi connectivity index (χ2n) is 12.4. The Bertz CT molecular complexity index is 1540. The van der Waals surface area contributed by atoms with E-state index in [1.54, 1.807) is 18.3 Å². The number of benzene rings is 1. The Hall–Kier alpha value is -3.88. The summed E-state index contributed by atoms with van der Waals surface area (Å²) in [5.41, 5.74) is 2.05. The molecule has 1 aliphatic carbocycles. The number of aromatic nitrogens is 4. The fourth-order valence-electron chi connectivity index (χ4n) is 6.56. The van der Waals surface area contributed by atoms with E-state index in [9.17, 15) is 31.5 Å². The first-order chi connectivity index (χ1) is 21.9. The number of hydrogen-bond donors (Lipinski definition) is 2. The largest absolute Gasteiger partial charge is 0.445 e. The van der Waals surface area contributed by atoms with E-state index in [4.69, 9.17) is 14.5 Å². The first-order valence-electron chi connectivity index (χ1n) is 15.5. The zero-order valence-corrected chi connectivity index (χ0v) is 24.9. The number of halogens is 5. The number of amides is 2. The average Bonchev–Trinajstić information content (AvgIpc) is 3.62. The second-order valence-corrected chi connectivity index (χ2v) is 12.4. The number of carbonyl (C=O) groups is 2. The topological polar surface area (TPSA) is 120 Å². The molecule has 248 valence electrons. The molecule has 46 heavy (non-hydrogen) atoms. The zero-order valence-electron chi connectivity index (χ0n) is 24.9. The van der Waals surface area contributed by atoms with Crippen molar-refractivity contribution in [1.82, 2.24) is 30.2 Å². The quantitative estimate of drug-likeness (QED) is 0.313. The van der Waals surface area contributed by atoms with Crippen LogP contribution in [0.25, 0.3) is 5.78 Å². The van der Waals surface area contributed by atoms with E-state index in [1.807, 2.05) is 23.5 Å². The molecule has 2 aromatic heterocycles. The molecule has 2 N–H and O–H groups in total. The molecule has 2 aliphatic heterocycles. The summed E-state index contributed by atoms with van der Waals surface area (Å²) in [5.74, 6) is -4.72. The molecule has 1 aromatic carbocycles. The van der Waals surface area contributed by atoms with Gasteiger partial charge in [0.1, 0.15) is 12.6 Å². The van der Waals surface area contributed by atoms with Crippen molar-refractivity contribution in [3.8, 4) is 0 Å². The zero-order chi connectivity index (χ0) is 32.5. The molecule has 3 aromatic rings. The van der Waals surface area contributed by atoms with Crippen molar-refractivity contribution in [2.24, 2.45) is 11.8 Å². The highest BCUT2D eigenvalue weighted by atomic mass is 19.4. The van der Waals surface area contributed by atoms with Crippen LogP contribution < -0.4 is 10.6 Å². The molecular formula is C31H35F5N6O4. The lowest BCUT2D eigenvalue weighted by Gasteiger charge is -2.33. The molecule has 15 heteroatoms. The van der Waals surface area contributed by atoms with Gasteiger partial charge >= 0.3 is 12.3 Å². The van der Waals surface area contributed by atoms with Gasteiger partial charge in [0.25, 0.3) is 5.78 Å². The van der Waals surface area contributed by atoms with Gasteiger partial charge in [0.05, 0.1) is 29.3 Å². The summed E-state index contributed by atoms with van der Waals surface area (Å²) >= 11 is 0. The van der Waals surface area contributed by atoms with Crippen molar-refractivity contribution in [3.63, 3.8) is 0 Å². The van der Waals surface area contributed by atoms with Crippen LogP contribution in [0, 0.1) is 11.8 Å². The van der Waals surface area contributed by atoms with Crippen LogP contribution in [0.2, 0.25) is 0 Å². The molecule has 3 aliphatic rings. The van der Waals surface area contributed by atoms with E-state index < -0.39 is 48.5 Å². The minimum Gasteiger partial charge on any atom is -0.445 e. The number of imidazole rings is 1. The summed E-state index contributed by atoms with van der Waals surface area (Å²) in [7, 11) is 0. The van der Waals surface area contributed by atoms with Gasteiger partial charge in [0.2, 0.25) is 11.8 Å². The number of rotatable bonds is 8. The number of nitrogens with zero attached hydrogens (tertiary/aromatic N) is 4. The molecule has 0 unspecified atom stereocenters. The van der Waals surface area contributed by atoms with Gasteiger partial charge in [-0.15, -0.1) is 0 Å². The number of carbonyl (C=O) groups excluding carboxylic acids is 2. The Morgan fingerprint density at radius 2 is 1.83 bits per heavy atom. The van der Waals surface area contributed by atoms with Crippen LogP contribution in [0.5, 0.6) is 0 Å².